The Morgan fingerprint density at radius 3 is 2.33 bits per heavy atom. The number of carbonyl (C=O) groups is 2. The second kappa shape index (κ2) is 6.99. The molecule has 0 saturated carbocycles. The molecule has 1 atom stereocenters. The lowest BCUT2D eigenvalue weighted by Gasteiger charge is -2.30. The monoisotopic (exact) mass is 352 g/mol. The molecule has 0 bridgehead atoms. The summed E-state index contributed by atoms with van der Waals surface area (Å²) in [6, 6.07) is 2.75. The van der Waals surface area contributed by atoms with Crippen molar-refractivity contribution >= 4 is 29.1 Å². The fourth-order valence-electron chi connectivity index (χ4n) is 3.40. The summed E-state index contributed by atoms with van der Waals surface area (Å²) in [6.45, 7) is 1.72. The SMILES string of the molecule is COc1cc(OC)c(N2C(=O)CC(N3CCCCC3)C2=O)cc1Cl. The normalized spacial score (nSPS) is 22.1. The summed E-state index contributed by atoms with van der Waals surface area (Å²) >= 11 is 6.18. The lowest BCUT2D eigenvalue weighted by molar-refractivity contribution is -0.123. The van der Waals surface area contributed by atoms with Gasteiger partial charge in [-0.1, -0.05) is 18.0 Å². The zero-order valence-electron chi connectivity index (χ0n) is 13.9. The minimum absolute atomic E-state index is 0.200. The average molecular weight is 353 g/mol. The Balaban J connectivity index is 1.93. The zero-order valence-corrected chi connectivity index (χ0v) is 14.6. The number of likely N-dealkylation sites (tertiary alicyclic amines) is 1. The van der Waals surface area contributed by atoms with E-state index in [0.717, 1.165) is 25.9 Å². The van der Waals surface area contributed by atoms with Gasteiger partial charge >= 0.3 is 0 Å². The van der Waals surface area contributed by atoms with Gasteiger partial charge in [0.2, 0.25) is 5.91 Å². The van der Waals surface area contributed by atoms with E-state index >= 15 is 0 Å². The van der Waals surface area contributed by atoms with E-state index < -0.39 is 0 Å². The molecule has 1 aromatic rings. The van der Waals surface area contributed by atoms with Crippen molar-refractivity contribution in [1.29, 1.82) is 0 Å². The van der Waals surface area contributed by atoms with Crippen LogP contribution in [-0.4, -0.2) is 50.1 Å². The van der Waals surface area contributed by atoms with Crippen LogP contribution in [0.4, 0.5) is 5.69 Å². The van der Waals surface area contributed by atoms with Crippen LogP contribution in [0, 0.1) is 0 Å². The van der Waals surface area contributed by atoms with Crippen molar-refractivity contribution < 1.29 is 19.1 Å². The van der Waals surface area contributed by atoms with Gasteiger partial charge in [-0.3, -0.25) is 14.5 Å². The summed E-state index contributed by atoms with van der Waals surface area (Å²) in [5.74, 6) is 0.387. The fourth-order valence-corrected chi connectivity index (χ4v) is 3.64. The molecular formula is C17H21ClN2O4. The third-order valence-electron chi connectivity index (χ3n) is 4.65. The Bertz CT molecular complexity index is 658. The number of methoxy groups -OCH3 is 2. The molecule has 0 aliphatic carbocycles. The van der Waals surface area contributed by atoms with E-state index in [1.54, 1.807) is 12.1 Å². The molecule has 2 aliphatic rings. The van der Waals surface area contributed by atoms with Crippen molar-refractivity contribution in [2.24, 2.45) is 0 Å². The van der Waals surface area contributed by atoms with Gasteiger partial charge in [0, 0.05) is 6.07 Å². The first kappa shape index (κ1) is 17.0. The Hall–Kier alpha value is -1.79. The van der Waals surface area contributed by atoms with Crippen LogP contribution in [-0.2, 0) is 9.59 Å². The highest BCUT2D eigenvalue weighted by molar-refractivity contribution is 6.33. The molecule has 0 N–H and O–H groups in total. The first-order valence-corrected chi connectivity index (χ1v) is 8.47. The molecule has 3 rings (SSSR count). The van der Waals surface area contributed by atoms with E-state index in [1.165, 1.54) is 25.5 Å². The van der Waals surface area contributed by atoms with E-state index in [0.29, 0.717) is 22.2 Å². The Morgan fingerprint density at radius 1 is 1.04 bits per heavy atom. The van der Waals surface area contributed by atoms with Crippen LogP contribution < -0.4 is 14.4 Å². The van der Waals surface area contributed by atoms with E-state index in [-0.39, 0.29) is 24.3 Å². The van der Waals surface area contributed by atoms with E-state index in [4.69, 9.17) is 21.1 Å². The predicted octanol–water partition coefficient (Wildman–Crippen LogP) is 2.48. The molecule has 2 fully saturated rings. The Kier molecular flexibility index (Phi) is 4.96. The van der Waals surface area contributed by atoms with E-state index in [1.807, 2.05) is 0 Å². The molecule has 24 heavy (non-hydrogen) atoms. The van der Waals surface area contributed by atoms with Crippen molar-refractivity contribution in [3.8, 4) is 11.5 Å². The molecule has 0 radical (unpaired) electrons. The van der Waals surface area contributed by atoms with Crippen LogP contribution in [0.2, 0.25) is 5.02 Å². The fraction of sp³-hybridized carbons (Fsp3) is 0.529. The van der Waals surface area contributed by atoms with Crippen LogP contribution in [0.1, 0.15) is 25.7 Å². The van der Waals surface area contributed by atoms with Crippen molar-refractivity contribution in [2.45, 2.75) is 31.7 Å². The largest absolute Gasteiger partial charge is 0.495 e. The minimum atomic E-state index is -0.386. The molecule has 2 aliphatic heterocycles. The van der Waals surface area contributed by atoms with Crippen LogP contribution in [0.5, 0.6) is 11.5 Å². The summed E-state index contributed by atoms with van der Waals surface area (Å²) in [6.07, 6.45) is 3.51. The molecule has 0 aromatic heterocycles. The zero-order chi connectivity index (χ0) is 17.3. The lowest BCUT2D eigenvalue weighted by atomic mass is 10.1. The summed E-state index contributed by atoms with van der Waals surface area (Å²) in [5, 5.41) is 0.329. The Morgan fingerprint density at radius 2 is 1.71 bits per heavy atom. The van der Waals surface area contributed by atoms with Gasteiger partial charge in [0.25, 0.3) is 5.91 Å². The number of rotatable bonds is 4. The summed E-state index contributed by atoms with van der Waals surface area (Å²) in [5.41, 5.74) is 0.373. The van der Waals surface area contributed by atoms with Crippen LogP contribution in [0.25, 0.3) is 0 Å². The van der Waals surface area contributed by atoms with Gasteiger partial charge < -0.3 is 9.47 Å². The number of amides is 2. The second-order valence-corrected chi connectivity index (χ2v) is 6.45. The third-order valence-corrected chi connectivity index (χ3v) is 4.94. The number of carbonyl (C=O) groups excluding carboxylic acids is 2. The van der Waals surface area contributed by atoms with Crippen molar-refractivity contribution in [2.75, 3.05) is 32.2 Å². The van der Waals surface area contributed by atoms with Gasteiger partial charge in [0.15, 0.2) is 0 Å². The molecule has 2 amide bonds. The van der Waals surface area contributed by atoms with Crippen molar-refractivity contribution in [3.63, 3.8) is 0 Å². The number of piperidine rings is 1. The molecule has 2 heterocycles. The molecule has 2 saturated heterocycles. The van der Waals surface area contributed by atoms with Crippen LogP contribution in [0.15, 0.2) is 12.1 Å². The summed E-state index contributed by atoms with van der Waals surface area (Å²) < 4.78 is 10.5. The lowest BCUT2D eigenvalue weighted by Crippen LogP contribution is -2.44. The van der Waals surface area contributed by atoms with Crippen molar-refractivity contribution in [3.05, 3.63) is 17.2 Å². The highest BCUT2D eigenvalue weighted by Crippen LogP contribution is 2.40. The molecule has 130 valence electrons. The van der Waals surface area contributed by atoms with Crippen LogP contribution >= 0.6 is 11.6 Å². The highest BCUT2D eigenvalue weighted by atomic mass is 35.5. The number of imide groups is 1. The van der Waals surface area contributed by atoms with Gasteiger partial charge in [-0.05, 0) is 32.0 Å². The van der Waals surface area contributed by atoms with Gasteiger partial charge in [-0.2, -0.15) is 0 Å². The predicted molar refractivity (Wildman–Crippen MR) is 90.9 cm³/mol. The number of benzene rings is 1. The van der Waals surface area contributed by atoms with E-state index in [9.17, 15) is 9.59 Å². The number of nitrogens with zero attached hydrogens (tertiary/aromatic N) is 2. The van der Waals surface area contributed by atoms with Gasteiger partial charge in [-0.15, -0.1) is 0 Å². The minimum Gasteiger partial charge on any atom is -0.495 e. The maximum atomic E-state index is 12.9. The van der Waals surface area contributed by atoms with E-state index in [2.05, 4.69) is 4.90 Å². The number of ether oxygens (including phenoxy) is 2. The quantitative estimate of drug-likeness (QED) is 0.779. The van der Waals surface area contributed by atoms with Gasteiger partial charge in [-0.25, -0.2) is 4.90 Å². The summed E-state index contributed by atoms with van der Waals surface area (Å²) in [7, 11) is 2.98. The van der Waals surface area contributed by atoms with Crippen LogP contribution in [0.3, 0.4) is 0 Å². The van der Waals surface area contributed by atoms with Gasteiger partial charge in [0.1, 0.15) is 11.5 Å². The molecule has 6 nitrogen and oxygen atoms in total. The number of halogens is 1. The molecule has 1 aromatic carbocycles. The number of hydrogen-bond acceptors (Lipinski definition) is 5. The second-order valence-electron chi connectivity index (χ2n) is 6.04. The maximum absolute atomic E-state index is 12.9. The topological polar surface area (TPSA) is 59.1 Å². The van der Waals surface area contributed by atoms with Crippen molar-refractivity contribution in [1.82, 2.24) is 4.90 Å². The Labute approximate surface area is 146 Å². The van der Waals surface area contributed by atoms with Gasteiger partial charge in [0.05, 0.1) is 37.4 Å². The number of hydrogen-bond donors (Lipinski definition) is 0. The molecule has 1 unspecified atom stereocenters. The molecular weight excluding hydrogens is 332 g/mol. The first-order chi connectivity index (χ1) is 11.6. The summed E-state index contributed by atoms with van der Waals surface area (Å²) in [4.78, 5) is 28.7. The average Bonchev–Trinajstić information content (AvgIpc) is 2.90. The molecule has 7 heteroatoms. The standard InChI is InChI=1S/C17H21ClN2O4/c1-23-14-10-15(24-2)12(8-11(14)18)20-16(21)9-13(17(20)22)19-6-4-3-5-7-19/h8,10,13H,3-7,9H2,1-2H3. The maximum Gasteiger partial charge on any atom is 0.251 e. The third kappa shape index (κ3) is 2.96. The number of anilines is 1. The highest BCUT2D eigenvalue weighted by Gasteiger charge is 2.44. The first-order valence-electron chi connectivity index (χ1n) is 8.09. The molecule has 0 spiro atoms. The smallest absolute Gasteiger partial charge is 0.251 e.